The third-order valence-electron chi connectivity index (χ3n) is 11.4. The lowest BCUT2D eigenvalue weighted by molar-refractivity contribution is -0.173. The lowest BCUT2D eigenvalue weighted by Crippen LogP contribution is -2.50. The van der Waals surface area contributed by atoms with Crippen molar-refractivity contribution in [3.63, 3.8) is 0 Å². The van der Waals surface area contributed by atoms with E-state index >= 15 is 0 Å². The molecule has 322 valence electrons. The average Bonchev–Trinajstić information content (AvgIpc) is 3.44. The molecule has 1 fully saturated rings. The van der Waals surface area contributed by atoms with Crippen LogP contribution in [0.5, 0.6) is 23.0 Å². The summed E-state index contributed by atoms with van der Waals surface area (Å²) in [5, 5.41) is 66.3. The molecular formula is C42H56N4O13. The summed E-state index contributed by atoms with van der Waals surface area (Å²) in [6.07, 6.45) is 3.05. The number of aliphatic hydroxyl groups is 2. The predicted octanol–water partition coefficient (Wildman–Crippen LogP) is 3.41. The zero-order valence-corrected chi connectivity index (χ0v) is 34.8. The van der Waals surface area contributed by atoms with Gasteiger partial charge in [-0.2, -0.15) is 5.10 Å². The number of hydrogen-bond donors (Lipinski definition) is 6. The van der Waals surface area contributed by atoms with E-state index in [4.69, 9.17) is 23.7 Å². The lowest BCUT2D eigenvalue weighted by Gasteiger charge is -2.38. The summed E-state index contributed by atoms with van der Waals surface area (Å²) in [6, 6.07) is 1.10. The molecule has 0 spiro atoms. The SMILES string of the molecule is CO[C@H]1[C@@H](OC(C)=O)[C@H](C)[C@H](O)[C@H](C)C(O)[C@@H](C)/C=C/C=C(/C)C(=O)Nc2c(C=NN3CCN(C)CC3)c(O)c3c4c(cc(O)c3c2O)O[C@](C)(O/C=C/[C@@H]1OC)C4=O. The number of aromatic hydroxyl groups is 3. The second-order valence-electron chi connectivity index (χ2n) is 15.6. The molecule has 1 unspecified atom stereocenters. The van der Waals surface area contributed by atoms with Gasteiger partial charge >= 0.3 is 11.8 Å². The number of hydrogen-bond acceptors (Lipinski definition) is 16. The Hall–Kier alpha value is -5.20. The van der Waals surface area contributed by atoms with E-state index in [-0.39, 0.29) is 38.9 Å². The fraction of sp³-hybridized carbons (Fsp3) is 0.524. The zero-order valence-electron chi connectivity index (χ0n) is 34.8. The highest BCUT2D eigenvalue weighted by molar-refractivity contribution is 6.23. The van der Waals surface area contributed by atoms with E-state index in [2.05, 4.69) is 15.3 Å². The first-order valence-electron chi connectivity index (χ1n) is 19.4. The van der Waals surface area contributed by atoms with Crippen LogP contribution in [0.15, 0.2) is 47.3 Å². The van der Waals surface area contributed by atoms with Crippen LogP contribution < -0.4 is 10.1 Å². The average molecular weight is 825 g/mol. The number of carbonyl (C=O) groups is 3. The van der Waals surface area contributed by atoms with Crippen molar-refractivity contribution in [2.24, 2.45) is 22.9 Å². The fourth-order valence-corrected chi connectivity index (χ4v) is 7.62. The Balaban J connectivity index is 1.69. The number of Topliss-reactive ketones (excluding diaryl/α,β-unsaturated/α-hetero) is 1. The largest absolute Gasteiger partial charge is 0.507 e. The molecule has 0 radical (unpaired) electrons. The Kier molecular flexibility index (Phi) is 14.0. The number of aliphatic hydroxyl groups excluding tert-OH is 2. The molecule has 1 amide bonds. The molecule has 17 heteroatoms. The number of hydrazone groups is 1. The lowest BCUT2D eigenvalue weighted by atomic mass is 9.80. The summed E-state index contributed by atoms with van der Waals surface area (Å²) in [4.78, 5) is 42.5. The number of carbonyl (C=O) groups excluding carboxylic acids is 3. The molecular weight excluding hydrogens is 768 g/mol. The Bertz CT molecular complexity index is 2040. The number of phenolic OH excluding ortho intramolecular Hbond substituents is 3. The minimum atomic E-state index is -2.08. The van der Waals surface area contributed by atoms with E-state index in [0.29, 0.717) is 26.2 Å². The first-order chi connectivity index (χ1) is 27.8. The van der Waals surface area contributed by atoms with Crippen LogP contribution in [0, 0.1) is 17.8 Å². The number of ketones is 1. The Morgan fingerprint density at radius 3 is 2.27 bits per heavy atom. The minimum absolute atomic E-state index is 0.149. The molecule has 4 aliphatic heterocycles. The molecule has 6 rings (SSSR count). The van der Waals surface area contributed by atoms with Crippen molar-refractivity contribution in [1.82, 2.24) is 9.91 Å². The second kappa shape index (κ2) is 18.4. The van der Waals surface area contributed by atoms with Crippen LogP contribution in [0.3, 0.4) is 0 Å². The maximum atomic E-state index is 14.3. The smallest absolute Gasteiger partial charge is 0.312 e. The zero-order chi connectivity index (χ0) is 43.5. The van der Waals surface area contributed by atoms with Crippen LogP contribution in [-0.2, 0) is 28.5 Å². The van der Waals surface area contributed by atoms with Gasteiger partial charge in [0, 0.05) is 89.0 Å². The van der Waals surface area contributed by atoms with Crippen molar-refractivity contribution < 1.29 is 63.6 Å². The highest BCUT2D eigenvalue weighted by Crippen LogP contribution is 2.53. The number of ether oxygens (including phenoxy) is 5. The number of esters is 1. The Morgan fingerprint density at radius 2 is 1.64 bits per heavy atom. The molecule has 0 aromatic heterocycles. The van der Waals surface area contributed by atoms with Gasteiger partial charge < -0.3 is 59.4 Å². The number of fused-ring (bicyclic) bond motifs is 14. The molecule has 9 atom stereocenters. The Morgan fingerprint density at radius 1 is 0.966 bits per heavy atom. The van der Waals surface area contributed by atoms with E-state index < -0.39 is 89.0 Å². The van der Waals surface area contributed by atoms with Gasteiger partial charge in [0.2, 0.25) is 0 Å². The molecule has 17 nitrogen and oxygen atoms in total. The summed E-state index contributed by atoms with van der Waals surface area (Å²) in [5.74, 6) is -8.27. The van der Waals surface area contributed by atoms with Crippen LogP contribution in [0.4, 0.5) is 5.69 Å². The molecule has 4 aliphatic rings. The summed E-state index contributed by atoms with van der Waals surface area (Å²) in [6.45, 7) is 11.6. The third-order valence-corrected chi connectivity index (χ3v) is 11.4. The number of nitrogens with one attached hydrogen (secondary N) is 1. The van der Waals surface area contributed by atoms with Crippen molar-refractivity contribution in [3.05, 3.63) is 53.3 Å². The molecule has 4 heterocycles. The van der Waals surface area contributed by atoms with Crippen molar-refractivity contribution in [1.29, 1.82) is 0 Å². The van der Waals surface area contributed by atoms with E-state index in [1.54, 1.807) is 37.9 Å². The fourth-order valence-electron chi connectivity index (χ4n) is 7.62. The van der Waals surface area contributed by atoms with Gasteiger partial charge in [-0.25, -0.2) is 0 Å². The first kappa shape index (κ1) is 44.9. The summed E-state index contributed by atoms with van der Waals surface area (Å²) in [7, 11) is 4.72. The molecule has 6 N–H and O–H groups in total. The molecule has 1 saturated heterocycles. The minimum Gasteiger partial charge on any atom is -0.507 e. The molecule has 0 aliphatic carbocycles. The van der Waals surface area contributed by atoms with Gasteiger partial charge in [0.25, 0.3) is 11.7 Å². The number of allylic oxidation sites excluding steroid dienone is 2. The van der Waals surface area contributed by atoms with Gasteiger partial charge in [-0.1, -0.05) is 39.0 Å². The number of methoxy groups -OCH3 is 2. The van der Waals surface area contributed by atoms with Gasteiger partial charge in [0.05, 0.1) is 46.9 Å². The maximum Gasteiger partial charge on any atom is 0.312 e. The van der Waals surface area contributed by atoms with Gasteiger partial charge in [0.15, 0.2) is 5.75 Å². The maximum absolute atomic E-state index is 14.3. The van der Waals surface area contributed by atoms with Crippen LogP contribution in [0.2, 0.25) is 0 Å². The van der Waals surface area contributed by atoms with Crippen molar-refractivity contribution >= 4 is 40.3 Å². The molecule has 2 aromatic rings. The quantitative estimate of drug-likeness (QED) is 0.110. The summed E-state index contributed by atoms with van der Waals surface area (Å²) >= 11 is 0. The van der Waals surface area contributed by atoms with Gasteiger partial charge in [-0.05, 0) is 20.0 Å². The predicted molar refractivity (Wildman–Crippen MR) is 217 cm³/mol. The summed E-state index contributed by atoms with van der Waals surface area (Å²) < 4.78 is 29.1. The molecule has 59 heavy (non-hydrogen) atoms. The van der Waals surface area contributed by atoms with Crippen molar-refractivity contribution in [2.75, 3.05) is 52.8 Å². The number of anilines is 1. The number of likely N-dealkylation sites (N-methyl/N-ethyl adjacent to an activating group) is 1. The normalized spacial score (nSPS) is 32.1. The van der Waals surface area contributed by atoms with Gasteiger partial charge in [0.1, 0.15) is 35.6 Å². The van der Waals surface area contributed by atoms with Crippen LogP contribution >= 0.6 is 0 Å². The van der Waals surface area contributed by atoms with Gasteiger partial charge in [-0.3, -0.25) is 19.4 Å². The number of rotatable bonds is 5. The molecule has 2 aromatic carbocycles. The summed E-state index contributed by atoms with van der Waals surface area (Å²) in [5.41, 5.74) is -0.487. The standard InChI is InChI=1S/C42H56N4O13/c1-21-11-10-12-22(2)41(54)44-33-26(20-43-46-16-14-45(7)15-17-46)36(51)32-30(37(33)52)27(48)19-29-31(32)40(53)42(6,59-29)57-18-13-28(55-8)39(56-9)38(58-25(5)47)24(4)35(50)23(3)34(21)49/h10-13,18-21,23-24,28,34-35,38-39,48-52H,14-17H2,1-9H3,(H,44,54)/b11-10+,18-13+,22-12-,43-20?/t21-,23+,24+,28-,34?,35+,38-,39+,42-/m0/s1. The highest BCUT2D eigenvalue weighted by atomic mass is 16.7. The molecule has 5 bridgehead atoms. The van der Waals surface area contributed by atoms with Crippen molar-refractivity contribution in [3.8, 4) is 23.0 Å². The number of nitrogens with zero attached hydrogens (tertiary/aromatic N) is 3. The Labute approximate surface area is 343 Å². The van der Waals surface area contributed by atoms with E-state index in [1.807, 2.05) is 7.05 Å². The number of benzene rings is 2. The first-order valence-corrected chi connectivity index (χ1v) is 19.4. The molecule has 0 saturated carbocycles. The van der Waals surface area contributed by atoms with Gasteiger partial charge in [-0.15, -0.1) is 0 Å². The van der Waals surface area contributed by atoms with Crippen molar-refractivity contribution in [2.45, 2.75) is 77.8 Å². The topological polar surface area (TPSA) is 229 Å². The number of phenols is 3. The number of piperazine rings is 1. The van der Waals surface area contributed by atoms with E-state index in [1.165, 1.54) is 53.4 Å². The van der Waals surface area contributed by atoms with E-state index in [9.17, 15) is 39.9 Å². The van der Waals surface area contributed by atoms with Crippen LogP contribution in [0.25, 0.3) is 10.8 Å². The second-order valence-corrected chi connectivity index (χ2v) is 15.6. The number of amides is 1. The van der Waals surface area contributed by atoms with Crippen LogP contribution in [0.1, 0.15) is 57.5 Å². The monoisotopic (exact) mass is 824 g/mol. The van der Waals surface area contributed by atoms with Crippen LogP contribution in [-0.4, -0.2) is 143 Å². The van der Waals surface area contributed by atoms with E-state index in [0.717, 1.165) is 12.3 Å². The third kappa shape index (κ3) is 9.18. The highest BCUT2D eigenvalue weighted by Gasteiger charge is 2.49.